The minimum Gasteiger partial charge on any atom is -0.496 e. The normalized spacial score (nSPS) is 16.5. The van der Waals surface area contributed by atoms with Gasteiger partial charge < -0.3 is 24.0 Å². The number of imidazole rings is 1. The highest BCUT2D eigenvalue weighted by Gasteiger charge is 2.38. The van der Waals surface area contributed by atoms with Gasteiger partial charge in [0.25, 0.3) is 5.56 Å². The Labute approximate surface area is 296 Å². The number of methoxy groups -OCH3 is 2. The molecule has 0 spiro atoms. The smallest absolute Gasteiger partial charge is 0.434 e. The second-order valence-electron chi connectivity index (χ2n) is 13.8. The van der Waals surface area contributed by atoms with Crippen molar-refractivity contribution in [3.05, 3.63) is 75.6 Å². The lowest BCUT2D eigenvalue weighted by molar-refractivity contribution is -0.140. The van der Waals surface area contributed by atoms with Crippen LogP contribution < -0.4 is 15.0 Å². The summed E-state index contributed by atoms with van der Waals surface area (Å²) in [6, 6.07) is 3.73. The highest BCUT2D eigenvalue weighted by Crippen LogP contribution is 2.45. The van der Waals surface area contributed by atoms with Crippen LogP contribution >= 0.6 is 0 Å². The van der Waals surface area contributed by atoms with Gasteiger partial charge in [0.1, 0.15) is 34.9 Å². The summed E-state index contributed by atoms with van der Waals surface area (Å²) in [5.41, 5.74) is -1.54. The molecule has 0 amide bonds. The molecule has 0 atom stereocenters. The summed E-state index contributed by atoms with van der Waals surface area (Å²) < 4.78 is 71.0. The van der Waals surface area contributed by atoms with E-state index in [0.29, 0.717) is 36.9 Å². The third-order valence-corrected chi connectivity index (χ3v) is 9.84. The number of benzene rings is 1. The lowest BCUT2D eigenvalue weighted by Crippen LogP contribution is -2.44. The van der Waals surface area contributed by atoms with Crippen molar-refractivity contribution in [2.45, 2.75) is 69.8 Å². The fourth-order valence-corrected chi connectivity index (χ4v) is 6.83. The largest absolute Gasteiger partial charge is 0.496 e. The predicted octanol–water partition coefficient (Wildman–Crippen LogP) is 5.71. The summed E-state index contributed by atoms with van der Waals surface area (Å²) in [5.74, 6) is -0.533. The maximum Gasteiger partial charge on any atom is 0.434 e. The zero-order chi connectivity index (χ0) is 37.1. The molecule has 0 bridgehead atoms. The van der Waals surface area contributed by atoms with Gasteiger partial charge in [0.15, 0.2) is 11.5 Å². The van der Waals surface area contributed by atoms with Crippen LogP contribution in [0.5, 0.6) is 11.6 Å². The van der Waals surface area contributed by atoms with Gasteiger partial charge in [-0.1, -0.05) is 0 Å². The fraction of sp³-hybridized carbons (Fsp3) is 0.444. The number of piperidine rings is 1. The van der Waals surface area contributed by atoms with Crippen LogP contribution in [-0.2, 0) is 18.3 Å². The third kappa shape index (κ3) is 6.38. The van der Waals surface area contributed by atoms with Crippen molar-refractivity contribution in [1.82, 2.24) is 39.0 Å². The number of rotatable bonds is 9. The number of halogens is 4. The number of aliphatic hydroxyl groups is 1. The monoisotopic (exact) mass is 722 g/mol. The third-order valence-electron chi connectivity index (χ3n) is 9.84. The molecule has 274 valence electrons. The van der Waals surface area contributed by atoms with E-state index in [1.54, 1.807) is 26.1 Å². The average Bonchev–Trinajstić information content (AvgIpc) is 3.86. The fourth-order valence-electron chi connectivity index (χ4n) is 6.83. The molecule has 1 saturated carbocycles. The maximum absolute atomic E-state index is 16.2. The van der Waals surface area contributed by atoms with Crippen molar-refractivity contribution in [2.75, 3.05) is 34.4 Å². The van der Waals surface area contributed by atoms with E-state index in [0.717, 1.165) is 30.8 Å². The Bertz CT molecular complexity index is 2220. The van der Waals surface area contributed by atoms with Gasteiger partial charge in [-0.05, 0) is 70.3 Å². The molecule has 52 heavy (non-hydrogen) atoms. The van der Waals surface area contributed by atoms with Gasteiger partial charge in [0.05, 0.1) is 37.6 Å². The molecular weight excluding hydrogens is 684 g/mol. The molecule has 2 aliphatic rings. The lowest BCUT2D eigenvalue weighted by Gasteiger charge is -2.36. The van der Waals surface area contributed by atoms with Gasteiger partial charge in [-0.15, -0.1) is 0 Å². The van der Waals surface area contributed by atoms with Crippen LogP contribution in [0.4, 0.5) is 17.6 Å². The Hall–Kier alpha value is -4.96. The zero-order valence-electron chi connectivity index (χ0n) is 29.3. The molecule has 0 radical (unpaired) electrons. The first-order chi connectivity index (χ1) is 24.7. The number of aromatic nitrogens is 7. The van der Waals surface area contributed by atoms with E-state index in [4.69, 9.17) is 14.5 Å². The summed E-state index contributed by atoms with van der Waals surface area (Å²) in [4.78, 5) is 38.6. The molecular formula is C36H38F4N8O4. The van der Waals surface area contributed by atoms with E-state index in [9.17, 15) is 23.1 Å². The Morgan fingerprint density at radius 3 is 2.38 bits per heavy atom. The van der Waals surface area contributed by atoms with Crippen LogP contribution in [0.15, 0.2) is 41.7 Å². The van der Waals surface area contributed by atoms with E-state index in [1.807, 2.05) is 7.05 Å². The van der Waals surface area contributed by atoms with Gasteiger partial charge in [0.2, 0.25) is 5.88 Å². The maximum atomic E-state index is 16.2. The van der Waals surface area contributed by atoms with Gasteiger partial charge >= 0.3 is 6.18 Å². The molecule has 2 fully saturated rings. The molecule has 1 aliphatic heterocycles. The van der Waals surface area contributed by atoms with Gasteiger partial charge in [-0.25, -0.2) is 29.3 Å². The van der Waals surface area contributed by atoms with Crippen molar-refractivity contribution in [1.29, 1.82) is 0 Å². The Morgan fingerprint density at radius 2 is 1.75 bits per heavy atom. The van der Waals surface area contributed by atoms with E-state index in [-0.39, 0.29) is 58.1 Å². The number of likely N-dealkylation sites (tertiary alicyclic amines) is 1. The van der Waals surface area contributed by atoms with Crippen LogP contribution in [0.1, 0.15) is 74.0 Å². The minimum atomic E-state index is -4.75. The summed E-state index contributed by atoms with van der Waals surface area (Å²) in [5, 5.41) is 12.3. The highest BCUT2D eigenvalue weighted by atomic mass is 19.4. The number of hydrogen-bond acceptors (Lipinski definition) is 10. The predicted molar refractivity (Wildman–Crippen MR) is 183 cm³/mol. The van der Waals surface area contributed by atoms with Crippen molar-refractivity contribution >= 4 is 11.0 Å². The Balaban J connectivity index is 1.41. The number of nitrogens with zero attached hydrogens (tertiary/aromatic N) is 8. The highest BCUT2D eigenvalue weighted by molar-refractivity contribution is 5.79. The van der Waals surface area contributed by atoms with Gasteiger partial charge in [-0.2, -0.15) is 13.2 Å². The van der Waals surface area contributed by atoms with Crippen LogP contribution in [0.2, 0.25) is 0 Å². The Morgan fingerprint density at radius 1 is 1.02 bits per heavy atom. The second kappa shape index (κ2) is 13.2. The van der Waals surface area contributed by atoms with E-state index < -0.39 is 34.9 Å². The lowest BCUT2D eigenvalue weighted by atomic mass is 9.85. The molecule has 12 nitrogen and oxygen atoms in total. The Kier molecular flexibility index (Phi) is 9.01. The van der Waals surface area contributed by atoms with Crippen LogP contribution in [0, 0.1) is 5.82 Å². The number of hydrogen-bond donors (Lipinski definition) is 1. The average molecular weight is 723 g/mol. The summed E-state index contributed by atoms with van der Waals surface area (Å²) >= 11 is 0. The molecule has 1 N–H and O–H groups in total. The van der Waals surface area contributed by atoms with Crippen molar-refractivity contribution in [2.24, 2.45) is 0 Å². The van der Waals surface area contributed by atoms with Crippen LogP contribution in [-0.4, -0.2) is 78.4 Å². The van der Waals surface area contributed by atoms with Crippen LogP contribution in [0.25, 0.3) is 33.8 Å². The minimum absolute atomic E-state index is 0.0748. The van der Waals surface area contributed by atoms with E-state index in [2.05, 4.69) is 24.8 Å². The van der Waals surface area contributed by atoms with Gasteiger partial charge in [0, 0.05) is 48.4 Å². The molecule has 1 aliphatic carbocycles. The molecule has 7 rings (SSSR count). The summed E-state index contributed by atoms with van der Waals surface area (Å²) in [7, 11) is 4.70. The molecule has 4 aromatic heterocycles. The number of ether oxygens (including phenoxy) is 2. The topological polar surface area (TPSA) is 133 Å². The SMILES string of the molecule is COc1cc(Cn2c(=O)c(C3(O)CCN(C)CC3)cc3cnc(-c4c(OC)ncnc4C4CC4)nc32)cc(F)c1-c1nc(C(F)(F)F)cn1C(C)C. The van der Waals surface area contributed by atoms with Crippen molar-refractivity contribution in [3.8, 4) is 34.4 Å². The second-order valence-corrected chi connectivity index (χ2v) is 13.8. The zero-order valence-corrected chi connectivity index (χ0v) is 29.3. The molecule has 1 saturated heterocycles. The molecule has 16 heteroatoms. The summed E-state index contributed by atoms with van der Waals surface area (Å²) in [6.45, 7) is 4.22. The quantitative estimate of drug-likeness (QED) is 0.189. The van der Waals surface area contributed by atoms with Gasteiger partial charge in [-0.3, -0.25) is 9.36 Å². The van der Waals surface area contributed by atoms with Crippen LogP contribution in [0.3, 0.4) is 0 Å². The molecule has 0 unspecified atom stereocenters. The van der Waals surface area contributed by atoms with E-state index in [1.165, 1.54) is 35.7 Å². The molecule has 5 heterocycles. The number of pyridine rings is 1. The number of alkyl halides is 3. The number of fused-ring (bicyclic) bond motifs is 1. The van der Waals surface area contributed by atoms with E-state index >= 15 is 4.39 Å². The molecule has 5 aromatic rings. The standard InChI is InChI=1S/C36H38F4N8O4/c1-19(2)47-17-26(36(38,39)40)44-32(47)27-24(37)12-20(13-25(27)51-4)16-48-31-22(14-23(34(48)49)35(50)8-10-46(3)11-9-35)15-41-30(45-31)28-29(21-6-7-21)42-18-43-33(28)52-5/h12-15,17-19,21,50H,6-11,16H2,1-5H3. The first kappa shape index (κ1) is 35.4. The first-order valence-corrected chi connectivity index (χ1v) is 17.0. The van der Waals surface area contributed by atoms with Crippen molar-refractivity contribution < 1.29 is 32.1 Å². The first-order valence-electron chi connectivity index (χ1n) is 17.0. The van der Waals surface area contributed by atoms with Crippen molar-refractivity contribution in [3.63, 3.8) is 0 Å². The molecule has 1 aromatic carbocycles. The summed E-state index contributed by atoms with van der Waals surface area (Å²) in [6.07, 6.45) is 1.56.